The van der Waals surface area contributed by atoms with Crippen LogP contribution < -0.4 is 11.1 Å². The molecule has 0 amide bonds. The van der Waals surface area contributed by atoms with Crippen LogP contribution in [0.25, 0.3) is 38.6 Å². The maximum Gasteiger partial charge on any atom is 0.150 e. The highest BCUT2D eigenvalue weighted by Crippen LogP contribution is 2.37. The van der Waals surface area contributed by atoms with Gasteiger partial charge in [0.2, 0.25) is 0 Å². The highest BCUT2D eigenvalue weighted by atomic mass is 15.2. The number of imidazole rings is 2. The van der Waals surface area contributed by atoms with Gasteiger partial charge in [0, 0.05) is 50.6 Å². The molecule has 0 radical (unpaired) electrons. The first-order valence-corrected chi connectivity index (χ1v) is 14.5. The van der Waals surface area contributed by atoms with Gasteiger partial charge in [-0.1, -0.05) is 62.4 Å². The van der Waals surface area contributed by atoms with Crippen LogP contribution in [-0.2, 0) is 13.0 Å². The molecule has 3 aromatic heterocycles. The Labute approximate surface area is 239 Å². The number of H-pyrrole nitrogens is 1. The molecule has 0 atom stereocenters. The van der Waals surface area contributed by atoms with Gasteiger partial charge >= 0.3 is 0 Å². The second-order valence-electron chi connectivity index (χ2n) is 11.5. The van der Waals surface area contributed by atoms with Gasteiger partial charge in [0.25, 0.3) is 0 Å². The molecule has 1 aliphatic rings. The van der Waals surface area contributed by atoms with Crippen molar-refractivity contribution in [2.24, 2.45) is 0 Å². The summed E-state index contributed by atoms with van der Waals surface area (Å²) in [5, 5.41) is 5.79. The number of para-hydroxylation sites is 1. The lowest BCUT2D eigenvalue weighted by molar-refractivity contribution is 0.229. The molecule has 4 N–H and O–H groups in total. The second-order valence-corrected chi connectivity index (χ2v) is 11.5. The van der Waals surface area contributed by atoms with Gasteiger partial charge in [-0.3, -0.25) is 9.30 Å². The van der Waals surface area contributed by atoms with Crippen LogP contribution >= 0.6 is 0 Å². The first-order valence-electron chi connectivity index (χ1n) is 14.5. The molecular weight excluding hydrogens is 508 g/mol. The minimum Gasteiger partial charge on any atom is -0.382 e. The molecule has 1 aliphatic heterocycles. The van der Waals surface area contributed by atoms with Crippen molar-refractivity contribution in [3.63, 3.8) is 0 Å². The van der Waals surface area contributed by atoms with Gasteiger partial charge in [-0.25, -0.2) is 15.0 Å². The molecule has 8 heteroatoms. The zero-order valence-corrected chi connectivity index (χ0v) is 23.9. The summed E-state index contributed by atoms with van der Waals surface area (Å²) in [4.78, 5) is 20.9. The molecule has 3 aromatic carbocycles. The monoisotopic (exact) mass is 544 g/mol. The number of anilines is 1. The second kappa shape index (κ2) is 10.3. The van der Waals surface area contributed by atoms with Gasteiger partial charge in [0.1, 0.15) is 28.7 Å². The van der Waals surface area contributed by atoms with Crippen molar-refractivity contribution in [3.05, 3.63) is 89.3 Å². The summed E-state index contributed by atoms with van der Waals surface area (Å²) in [7, 11) is 0. The molecule has 0 spiro atoms. The van der Waals surface area contributed by atoms with E-state index in [1.807, 2.05) is 6.20 Å². The van der Waals surface area contributed by atoms with Crippen molar-refractivity contribution in [1.82, 2.24) is 34.6 Å². The van der Waals surface area contributed by atoms with Crippen LogP contribution in [0.15, 0.2) is 60.8 Å². The van der Waals surface area contributed by atoms with Gasteiger partial charge in [-0.15, -0.1) is 0 Å². The number of hydrogen-bond acceptors (Lipinski definition) is 6. The zero-order valence-electron chi connectivity index (χ0n) is 23.9. The van der Waals surface area contributed by atoms with Crippen molar-refractivity contribution >= 4 is 33.1 Å². The fourth-order valence-corrected chi connectivity index (χ4v) is 6.23. The predicted molar refractivity (Wildman–Crippen MR) is 166 cm³/mol. The molecular formula is C33H36N8. The van der Waals surface area contributed by atoms with E-state index >= 15 is 0 Å². The quantitative estimate of drug-likeness (QED) is 0.258. The lowest BCUT2D eigenvalue weighted by Crippen LogP contribution is -2.43. The van der Waals surface area contributed by atoms with Crippen LogP contribution in [-0.4, -0.2) is 55.4 Å². The van der Waals surface area contributed by atoms with Gasteiger partial charge in [-0.2, -0.15) is 0 Å². The van der Waals surface area contributed by atoms with E-state index in [1.165, 1.54) is 16.5 Å². The van der Waals surface area contributed by atoms with E-state index in [0.717, 1.165) is 83.3 Å². The molecule has 208 valence electrons. The van der Waals surface area contributed by atoms with Crippen molar-refractivity contribution in [3.8, 4) is 11.3 Å². The highest BCUT2D eigenvalue weighted by Gasteiger charge is 2.23. The third-order valence-corrected chi connectivity index (χ3v) is 8.29. The molecule has 6 aromatic rings. The average molecular weight is 545 g/mol. The van der Waals surface area contributed by atoms with E-state index in [1.54, 1.807) is 0 Å². The minimum atomic E-state index is 0.224. The lowest BCUT2D eigenvalue weighted by Gasteiger charge is -2.27. The van der Waals surface area contributed by atoms with Crippen molar-refractivity contribution in [2.75, 3.05) is 31.9 Å². The topological polar surface area (TPSA) is 100 Å². The van der Waals surface area contributed by atoms with Gasteiger partial charge in [-0.05, 0) is 34.9 Å². The average Bonchev–Trinajstić information content (AvgIpc) is 3.59. The number of nitrogens with two attached hydrogens (primary N) is 1. The first kappa shape index (κ1) is 25.7. The number of piperazine rings is 1. The molecule has 41 heavy (non-hydrogen) atoms. The Balaban J connectivity index is 1.36. The first-order chi connectivity index (χ1) is 20.0. The maximum absolute atomic E-state index is 6.63. The number of nitrogens with one attached hydrogen (secondary N) is 2. The largest absolute Gasteiger partial charge is 0.382 e. The third-order valence-electron chi connectivity index (χ3n) is 8.29. The Morgan fingerprint density at radius 2 is 1.76 bits per heavy atom. The molecule has 8 nitrogen and oxygen atoms in total. The molecule has 1 saturated heterocycles. The number of hydrogen-bond donors (Lipinski definition) is 3. The SMILES string of the molecule is Cc1cccc2[nH]c(Cc3ccc(-c4nc(C(C)C)n5c(CN6CCNCC6)cnc(N)c45)c4ccccc34)nc12. The summed E-state index contributed by atoms with van der Waals surface area (Å²) in [5.74, 6) is 2.71. The standard InChI is InChI=1S/C33H36N8/c1-20(2)33-39-30(31-32(34)36-18-23(41(31)33)19-40-15-13-35-14-16-40)26-12-11-22(24-8-4-5-9-25(24)26)17-28-37-27-10-6-7-21(3)29(27)38-28/h4-12,18,20,35H,13-17,19H2,1-3H3,(H2,34,36)(H,37,38). The van der Waals surface area contributed by atoms with Crippen molar-refractivity contribution in [1.29, 1.82) is 0 Å². The summed E-state index contributed by atoms with van der Waals surface area (Å²) in [6, 6.07) is 19.3. The Morgan fingerprint density at radius 1 is 0.951 bits per heavy atom. The fourth-order valence-electron chi connectivity index (χ4n) is 6.23. The predicted octanol–water partition coefficient (Wildman–Crippen LogP) is 5.44. The number of rotatable bonds is 6. The smallest absolute Gasteiger partial charge is 0.150 e. The molecule has 1 fully saturated rings. The van der Waals surface area contributed by atoms with Gasteiger partial charge < -0.3 is 16.0 Å². The number of aryl methyl sites for hydroxylation is 1. The van der Waals surface area contributed by atoms with E-state index in [4.69, 9.17) is 15.7 Å². The zero-order chi connectivity index (χ0) is 28.1. The molecule has 0 unspecified atom stereocenters. The molecule has 0 bridgehead atoms. The van der Waals surface area contributed by atoms with Crippen LogP contribution in [0.2, 0.25) is 0 Å². The summed E-state index contributed by atoms with van der Waals surface area (Å²) in [5.41, 5.74) is 15.1. The fraction of sp³-hybridized carbons (Fsp3) is 0.303. The summed E-state index contributed by atoms with van der Waals surface area (Å²) in [6.07, 6.45) is 2.65. The highest BCUT2D eigenvalue weighted by molar-refractivity contribution is 6.02. The number of benzene rings is 3. The number of nitrogens with zero attached hydrogens (tertiary/aromatic N) is 5. The number of aromatic amines is 1. The molecule has 7 rings (SSSR count). The Hall–Kier alpha value is -4.27. The van der Waals surface area contributed by atoms with Crippen LogP contribution in [0, 0.1) is 6.92 Å². The van der Waals surface area contributed by atoms with Crippen molar-refractivity contribution < 1.29 is 0 Å². The van der Waals surface area contributed by atoms with E-state index in [-0.39, 0.29) is 5.92 Å². The molecule has 0 saturated carbocycles. The van der Waals surface area contributed by atoms with Gasteiger partial charge in [0.15, 0.2) is 0 Å². The van der Waals surface area contributed by atoms with Crippen LogP contribution in [0.5, 0.6) is 0 Å². The summed E-state index contributed by atoms with van der Waals surface area (Å²) >= 11 is 0. The lowest BCUT2D eigenvalue weighted by atomic mass is 9.95. The van der Waals surface area contributed by atoms with Crippen molar-refractivity contribution in [2.45, 2.75) is 39.7 Å². The molecule has 4 heterocycles. The normalized spacial score (nSPS) is 14.6. The van der Waals surface area contributed by atoms with E-state index in [2.05, 4.69) is 100.0 Å². The van der Waals surface area contributed by atoms with E-state index in [9.17, 15) is 0 Å². The minimum absolute atomic E-state index is 0.224. The van der Waals surface area contributed by atoms with Gasteiger partial charge in [0.05, 0.1) is 22.9 Å². The maximum atomic E-state index is 6.63. The number of nitrogen functional groups attached to an aromatic ring is 1. The summed E-state index contributed by atoms with van der Waals surface area (Å²) in [6.45, 7) is 11.3. The van der Waals surface area contributed by atoms with Crippen LogP contribution in [0.4, 0.5) is 5.82 Å². The Kier molecular flexibility index (Phi) is 6.44. The Bertz CT molecular complexity index is 1890. The van der Waals surface area contributed by atoms with E-state index in [0.29, 0.717) is 12.2 Å². The van der Waals surface area contributed by atoms with E-state index < -0.39 is 0 Å². The third kappa shape index (κ3) is 4.53. The number of fused-ring (bicyclic) bond motifs is 3. The number of aromatic nitrogens is 5. The van der Waals surface area contributed by atoms with Crippen LogP contribution in [0.1, 0.15) is 48.2 Å². The summed E-state index contributed by atoms with van der Waals surface area (Å²) < 4.78 is 2.27. The Morgan fingerprint density at radius 3 is 2.54 bits per heavy atom. The molecule has 0 aliphatic carbocycles. The van der Waals surface area contributed by atoms with Crippen LogP contribution in [0.3, 0.4) is 0 Å².